The van der Waals surface area contributed by atoms with E-state index >= 15 is 0 Å². The Kier molecular flexibility index (Phi) is 8.44. The van der Waals surface area contributed by atoms with Gasteiger partial charge in [0, 0.05) is 12.8 Å². The minimum absolute atomic E-state index is 0.121. The largest absolute Gasteiger partial charge is 0.481 e. The van der Waals surface area contributed by atoms with Crippen LogP contribution in [0.2, 0.25) is 0 Å². The predicted octanol–water partition coefficient (Wildman–Crippen LogP) is 3.64. The van der Waals surface area contributed by atoms with Crippen molar-refractivity contribution in [2.75, 3.05) is 6.61 Å². The average molecular weight is 272 g/mol. The van der Waals surface area contributed by atoms with Gasteiger partial charge in [0.15, 0.2) is 0 Å². The summed E-state index contributed by atoms with van der Waals surface area (Å²) in [5, 5.41) is 8.46. The predicted molar refractivity (Wildman–Crippen MR) is 74.9 cm³/mol. The Bertz CT molecular complexity index is 278. The highest BCUT2D eigenvalue weighted by atomic mass is 16.5. The van der Waals surface area contributed by atoms with Gasteiger partial charge in [-0.3, -0.25) is 9.59 Å². The molecule has 0 bridgehead atoms. The Morgan fingerprint density at radius 1 is 1.16 bits per heavy atom. The summed E-state index contributed by atoms with van der Waals surface area (Å²) >= 11 is 0. The van der Waals surface area contributed by atoms with Gasteiger partial charge in [0.2, 0.25) is 0 Å². The highest BCUT2D eigenvalue weighted by Crippen LogP contribution is 2.25. The molecule has 0 aliphatic carbocycles. The number of unbranched alkanes of at least 4 members (excludes halogenated alkanes) is 1. The maximum absolute atomic E-state index is 11.4. The average Bonchev–Trinajstić information content (AvgIpc) is 2.21. The van der Waals surface area contributed by atoms with Crippen LogP contribution in [-0.2, 0) is 14.3 Å². The van der Waals surface area contributed by atoms with Gasteiger partial charge in [-0.15, -0.1) is 0 Å². The first kappa shape index (κ1) is 17.9. The molecule has 0 aliphatic heterocycles. The number of hydrogen-bond donors (Lipinski definition) is 1. The minimum Gasteiger partial charge on any atom is -0.481 e. The number of aliphatic carboxylic acids is 1. The standard InChI is InChI=1S/C15H28O4/c1-12(11-15(2,3)4)9-10-19-14(18)8-6-5-7-13(16)17/h12H,5-11H2,1-4H3,(H,16,17). The van der Waals surface area contributed by atoms with Crippen molar-refractivity contribution in [3.05, 3.63) is 0 Å². The maximum Gasteiger partial charge on any atom is 0.305 e. The van der Waals surface area contributed by atoms with E-state index in [-0.39, 0.29) is 12.4 Å². The summed E-state index contributed by atoms with van der Waals surface area (Å²) in [4.78, 5) is 21.7. The van der Waals surface area contributed by atoms with Crippen molar-refractivity contribution in [1.82, 2.24) is 0 Å². The molecule has 1 atom stereocenters. The van der Waals surface area contributed by atoms with E-state index in [1.54, 1.807) is 0 Å². The Balaban J connectivity index is 3.55. The first-order valence-electron chi connectivity index (χ1n) is 7.08. The van der Waals surface area contributed by atoms with Crippen molar-refractivity contribution in [2.24, 2.45) is 11.3 Å². The number of rotatable bonds is 9. The monoisotopic (exact) mass is 272 g/mol. The van der Waals surface area contributed by atoms with E-state index < -0.39 is 5.97 Å². The minimum atomic E-state index is -0.815. The summed E-state index contributed by atoms with van der Waals surface area (Å²) in [6, 6.07) is 0. The number of ether oxygens (including phenoxy) is 1. The molecule has 0 heterocycles. The van der Waals surface area contributed by atoms with Crippen LogP contribution in [0.3, 0.4) is 0 Å². The van der Waals surface area contributed by atoms with Crippen LogP contribution < -0.4 is 0 Å². The van der Waals surface area contributed by atoms with Gasteiger partial charge in [-0.05, 0) is 37.0 Å². The van der Waals surface area contributed by atoms with Gasteiger partial charge in [0.25, 0.3) is 0 Å². The molecule has 0 radical (unpaired) electrons. The van der Waals surface area contributed by atoms with Gasteiger partial charge in [0.05, 0.1) is 6.61 Å². The van der Waals surface area contributed by atoms with Crippen molar-refractivity contribution >= 4 is 11.9 Å². The van der Waals surface area contributed by atoms with Gasteiger partial charge in [-0.25, -0.2) is 0 Å². The van der Waals surface area contributed by atoms with Crippen LogP contribution in [0.25, 0.3) is 0 Å². The maximum atomic E-state index is 11.4. The smallest absolute Gasteiger partial charge is 0.305 e. The summed E-state index contributed by atoms with van der Waals surface area (Å²) in [6.45, 7) is 9.26. The van der Waals surface area contributed by atoms with Gasteiger partial charge in [-0.2, -0.15) is 0 Å². The SMILES string of the molecule is CC(CCOC(=O)CCCCC(=O)O)CC(C)(C)C. The van der Waals surface area contributed by atoms with Gasteiger partial charge in [-0.1, -0.05) is 27.7 Å². The second-order valence-electron chi connectivity index (χ2n) is 6.48. The fourth-order valence-corrected chi connectivity index (χ4v) is 2.14. The zero-order chi connectivity index (χ0) is 14.9. The second kappa shape index (κ2) is 8.94. The molecule has 0 fully saturated rings. The molecule has 0 rings (SSSR count). The summed E-state index contributed by atoms with van der Waals surface area (Å²) < 4.78 is 5.15. The molecule has 0 spiro atoms. The van der Waals surface area contributed by atoms with Gasteiger partial charge in [0.1, 0.15) is 0 Å². The van der Waals surface area contributed by atoms with Crippen LogP contribution in [0.5, 0.6) is 0 Å². The molecule has 4 heteroatoms. The Morgan fingerprint density at radius 3 is 2.26 bits per heavy atom. The fourth-order valence-electron chi connectivity index (χ4n) is 2.14. The van der Waals surface area contributed by atoms with Crippen LogP contribution in [0.15, 0.2) is 0 Å². The number of carboxylic acid groups (broad SMARTS) is 1. The van der Waals surface area contributed by atoms with Crippen LogP contribution in [0.4, 0.5) is 0 Å². The summed E-state index contributed by atoms with van der Waals surface area (Å²) in [5.41, 5.74) is 0.306. The van der Waals surface area contributed by atoms with E-state index in [0.717, 1.165) is 12.8 Å². The van der Waals surface area contributed by atoms with Crippen LogP contribution in [-0.4, -0.2) is 23.7 Å². The first-order chi connectivity index (χ1) is 8.70. The van der Waals surface area contributed by atoms with E-state index in [1.807, 2.05) is 0 Å². The van der Waals surface area contributed by atoms with Crippen molar-refractivity contribution in [1.29, 1.82) is 0 Å². The van der Waals surface area contributed by atoms with E-state index in [2.05, 4.69) is 27.7 Å². The van der Waals surface area contributed by atoms with Crippen LogP contribution >= 0.6 is 0 Å². The quantitative estimate of drug-likeness (QED) is 0.514. The number of hydrogen-bond acceptors (Lipinski definition) is 3. The van der Waals surface area contributed by atoms with Crippen molar-refractivity contribution in [2.45, 2.75) is 66.2 Å². The molecule has 1 N–H and O–H groups in total. The molecule has 1 unspecified atom stereocenters. The molecule has 0 aromatic carbocycles. The zero-order valence-electron chi connectivity index (χ0n) is 12.7. The Labute approximate surface area is 116 Å². The van der Waals surface area contributed by atoms with Crippen LogP contribution in [0, 0.1) is 11.3 Å². The van der Waals surface area contributed by atoms with Crippen molar-refractivity contribution in [3.8, 4) is 0 Å². The molecular weight excluding hydrogens is 244 g/mol. The highest BCUT2D eigenvalue weighted by Gasteiger charge is 2.15. The van der Waals surface area contributed by atoms with Crippen molar-refractivity contribution in [3.63, 3.8) is 0 Å². The lowest BCUT2D eigenvalue weighted by atomic mass is 9.84. The molecule has 0 aromatic rings. The molecule has 0 saturated carbocycles. The Morgan fingerprint density at radius 2 is 1.74 bits per heavy atom. The lowest BCUT2D eigenvalue weighted by molar-refractivity contribution is -0.144. The third-order valence-corrected chi connectivity index (χ3v) is 2.86. The number of esters is 1. The molecule has 4 nitrogen and oxygen atoms in total. The summed E-state index contributed by atoms with van der Waals surface area (Å²) in [6.07, 6.45) is 3.56. The van der Waals surface area contributed by atoms with E-state index in [9.17, 15) is 9.59 Å². The Hall–Kier alpha value is -1.06. The molecule has 112 valence electrons. The third-order valence-electron chi connectivity index (χ3n) is 2.86. The molecular formula is C15H28O4. The van der Waals surface area contributed by atoms with Gasteiger partial charge < -0.3 is 9.84 Å². The molecule has 0 aliphatic rings. The number of carbonyl (C=O) groups excluding carboxylic acids is 1. The second-order valence-corrected chi connectivity index (χ2v) is 6.48. The lowest BCUT2D eigenvalue weighted by Gasteiger charge is -2.22. The third kappa shape index (κ3) is 13.2. The van der Waals surface area contributed by atoms with Gasteiger partial charge >= 0.3 is 11.9 Å². The first-order valence-corrected chi connectivity index (χ1v) is 7.08. The van der Waals surface area contributed by atoms with Crippen molar-refractivity contribution < 1.29 is 19.4 Å². The summed E-state index contributed by atoms with van der Waals surface area (Å²) in [7, 11) is 0. The molecule has 19 heavy (non-hydrogen) atoms. The number of carbonyl (C=O) groups is 2. The van der Waals surface area contributed by atoms with E-state index in [0.29, 0.717) is 37.2 Å². The normalized spacial score (nSPS) is 13.1. The molecule has 0 amide bonds. The zero-order valence-corrected chi connectivity index (χ0v) is 12.7. The molecule has 0 saturated heterocycles. The summed E-state index contributed by atoms with van der Waals surface area (Å²) in [5.74, 6) is -0.488. The topological polar surface area (TPSA) is 63.6 Å². The van der Waals surface area contributed by atoms with Crippen LogP contribution in [0.1, 0.15) is 66.2 Å². The lowest BCUT2D eigenvalue weighted by Crippen LogP contribution is -2.14. The fraction of sp³-hybridized carbons (Fsp3) is 0.867. The highest BCUT2D eigenvalue weighted by molar-refractivity contribution is 5.69. The van der Waals surface area contributed by atoms with E-state index in [1.165, 1.54) is 0 Å². The number of carboxylic acids is 1. The molecule has 0 aromatic heterocycles. The van der Waals surface area contributed by atoms with E-state index in [4.69, 9.17) is 9.84 Å².